The number of amidine groups is 1. The molecule has 0 saturated carbocycles. The summed E-state index contributed by atoms with van der Waals surface area (Å²) in [5, 5.41) is 12.2. The zero-order chi connectivity index (χ0) is 19.1. The fourth-order valence-corrected chi connectivity index (χ4v) is 2.19. The van der Waals surface area contributed by atoms with Crippen LogP contribution in [0.25, 0.3) is 0 Å². The number of alkyl halides is 3. The molecule has 1 heterocycles. The number of benzene rings is 2. The minimum absolute atomic E-state index is 0.143. The first-order valence-corrected chi connectivity index (χ1v) is 7.91. The summed E-state index contributed by atoms with van der Waals surface area (Å²) in [7, 11) is 0. The number of anilines is 1. The SMILES string of the molecule is FC(F)(F)c1ccccc1NN=C(N=Nc1ccncc1)c1ccccc1. The predicted octanol–water partition coefficient (Wildman–Crippen LogP) is 5.66. The lowest BCUT2D eigenvalue weighted by Gasteiger charge is -2.12. The smallest absolute Gasteiger partial charge is 0.276 e. The molecule has 0 unspecified atom stereocenters. The Hall–Kier alpha value is -3.55. The maximum Gasteiger partial charge on any atom is 0.418 e. The van der Waals surface area contributed by atoms with Gasteiger partial charge in [-0.2, -0.15) is 18.3 Å². The molecule has 1 N–H and O–H groups in total. The molecule has 136 valence electrons. The highest BCUT2D eigenvalue weighted by molar-refractivity contribution is 5.99. The van der Waals surface area contributed by atoms with E-state index in [2.05, 4.69) is 25.7 Å². The molecule has 0 amide bonds. The van der Waals surface area contributed by atoms with Gasteiger partial charge in [0.2, 0.25) is 5.84 Å². The molecule has 3 aromatic rings. The van der Waals surface area contributed by atoms with Crippen LogP contribution in [-0.4, -0.2) is 10.8 Å². The Labute approximate surface area is 153 Å². The lowest BCUT2D eigenvalue weighted by molar-refractivity contribution is -0.136. The van der Waals surface area contributed by atoms with Crippen molar-refractivity contribution in [1.82, 2.24) is 4.98 Å². The molecule has 0 aliphatic heterocycles. The van der Waals surface area contributed by atoms with Gasteiger partial charge >= 0.3 is 6.18 Å². The Morgan fingerprint density at radius 3 is 2.22 bits per heavy atom. The fraction of sp³-hybridized carbons (Fsp3) is 0.0526. The van der Waals surface area contributed by atoms with E-state index in [4.69, 9.17) is 0 Å². The van der Waals surface area contributed by atoms with Gasteiger partial charge in [-0.15, -0.1) is 10.2 Å². The first-order chi connectivity index (χ1) is 13.0. The number of hydrazone groups is 1. The maximum atomic E-state index is 13.1. The number of nitrogens with zero attached hydrogens (tertiary/aromatic N) is 4. The van der Waals surface area contributed by atoms with E-state index in [0.29, 0.717) is 11.3 Å². The van der Waals surface area contributed by atoms with Crippen LogP contribution in [0.5, 0.6) is 0 Å². The van der Waals surface area contributed by atoms with Gasteiger partial charge in [0.15, 0.2) is 0 Å². The van der Waals surface area contributed by atoms with Crippen LogP contribution in [0.2, 0.25) is 0 Å². The number of hydrogen-bond donors (Lipinski definition) is 1. The second-order valence-corrected chi connectivity index (χ2v) is 5.36. The predicted molar refractivity (Wildman–Crippen MR) is 96.8 cm³/mol. The third-order valence-corrected chi connectivity index (χ3v) is 3.47. The Morgan fingerprint density at radius 1 is 0.852 bits per heavy atom. The van der Waals surface area contributed by atoms with Gasteiger partial charge in [0, 0.05) is 18.0 Å². The van der Waals surface area contributed by atoms with E-state index in [1.165, 1.54) is 18.2 Å². The molecule has 27 heavy (non-hydrogen) atoms. The van der Waals surface area contributed by atoms with Crippen molar-refractivity contribution in [2.75, 3.05) is 5.43 Å². The van der Waals surface area contributed by atoms with Crippen LogP contribution in [0.4, 0.5) is 24.5 Å². The summed E-state index contributed by atoms with van der Waals surface area (Å²) in [6.45, 7) is 0. The molecular formula is C19H14F3N5. The van der Waals surface area contributed by atoms with Gasteiger partial charge in [-0.25, -0.2) is 0 Å². The zero-order valence-corrected chi connectivity index (χ0v) is 13.9. The number of pyridine rings is 1. The van der Waals surface area contributed by atoms with E-state index in [1.807, 2.05) is 6.07 Å². The molecule has 0 aliphatic carbocycles. The highest BCUT2D eigenvalue weighted by Crippen LogP contribution is 2.34. The van der Waals surface area contributed by atoms with Crippen LogP contribution in [0.15, 0.2) is 94.5 Å². The van der Waals surface area contributed by atoms with Crippen molar-refractivity contribution in [1.29, 1.82) is 0 Å². The quantitative estimate of drug-likeness (QED) is 0.279. The van der Waals surface area contributed by atoms with Crippen molar-refractivity contribution in [3.05, 3.63) is 90.3 Å². The number of rotatable bonds is 4. The van der Waals surface area contributed by atoms with Gasteiger partial charge < -0.3 is 0 Å². The van der Waals surface area contributed by atoms with Gasteiger partial charge in [0.05, 0.1) is 16.9 Å². The monoisotopic (exact) mass is 369 g/mol. The molecule has 0 aliphatic rings. The van der Waals surface area contributed by atoms with Crippen LogP contribution >= 0.6 is 0 Å². The summed E-state index contributed by atoms with van der Waals surface area (Å²) < 4.78 is 39.4. The van der Waals surface area contributed by atoms with E-state index in [9.17, 15) is 13.2 Å². The molecule has 0 atom stereocenters. The van der Waals surface area contributed by atoms with E-state index in [1.54, 1.807) is 48.8 Å². The molecule has 0 saturated heterocycles. The molecular weight excluding hydrogens is 355 g/mol. The molecule has 0 radical (unpaired) electrons. The van der Waals surface area contributed by atoms with Crippen LogP contribution < -0.4 is 5.43 Å². The van der Waals surface area contributed by atoms with Gasteiger partial charge in [0.1, 0.15) is 0 Å². The lowest BCUT2D eigenvalue weighted by atomic mass is 10.2. The summed E-state index contributed by atoms with van der Waals surface area (Å²) in [5.74, 6) is 0.143. The number of nitrogens with one attached hydrogen (secondary N) is 1. The van der Waals surface area contributed by atoms with Gasteiger partial charge in [0.25, 0.3) is 0 Å². The van der Waals surface area contributed by atoms with E-state index in [-0.39, 0.29) is 11.5 Å². The molecule has 5 nitrogen and oxygen atoms in total. The fourth-order valence-electron chi connectivity index (χ4n) is 2.19. The number of hydrogen-bond acceptors (Lipinski definition) is 4. The number of azo groups is 1. The highest BCUT2D eigenvalue weighted by Gasteiger charge is 2.33. The van der Waals surface area contributed by atoms with Crippen molar-refractivity contribution in [3.8, 4) is 0 Å². The Morgan fingerprint density at radius 2 is 1.52 bits per heavy atom. The van der Waals surface area contributed by atoms with Crippen molar-refractivity contribution < 1.29 is 13.2 Å². The normalized spacial score (nSPS) is 12.3. The summed E-state index contributed by atoms with van der Waals surface area (Å²) in [4.78, 5) is 3.89. The van der Waals surface area contributed by atoms with Crippen LogP contribution in [0, 0.1) is 0 Å². The maximum absolute atomic E-state index is 13.1. The number of halogens is 3. The van der Waals surface area contributed by atoms with Crippen LogP contribution in [0.1, 0.15) is 11.1 Å². The van der Waals surface area contributed by atoms with E-state index < -0.39 is 11.7 Å². The number of aromatic nitrogens is 1. The average molecular weight is 369 g/mol. The summed E-state index contributed by atoms with van der Waals surface area (Å²) in [6.07, 6.45) is -1.37. The largest absolute Gasteiger partial charge is 0.418 e. The second-order valence-electron chi connectivity index (χ2n) is 5.36. The Kier molecular flexibility index (Phi) is 5.55. The Bertz CT molecular complexity index is 938. The zero-order valence-electron chi connectivity index (χ0n) is 13.9. The first-order valence-electron chi connectivity index (χ1n) is 7.91. The molecule has 0 fully saturated rings. The van der Waals surface area contributed by atoms with E-state index in [0.717, 1.165) is 6.07 Å². The third kappa shape index (κ3) is 4.97. The summed E-state index contributed by atoms with van der Waals surface area (Å²) in [6, 6.07) is 17.2. The lowest BCUT2D eigenvalue weighted by Crippen LogP contribution is -2.09. The van der Waals surface area contributed by atoms with Crippen molar-refractivity contribution in [2.45, 2.75) is 6.18 Å². The van der Waals surface area contributed by atoms with Gasteiger partial charge in [-0.1, -0.05) is 42.5 Å². The molecule has 2 aromatic carbocycles. The average Bonchev–Trinajstić information content (AvgIpc) is 2.69. The first kappa shape index (κ1) is 18.2. The third-order valence-electron chi connectivity index (χ3n) is 3.47. The van der Waals surface area contributed by atoms with Crippen molar-refractivity contribution >= 4 is 17.2 Å². The molecule has 0 spiro atoms. The molecule has 3 rings (SSSR count). The van der Waals surface area contributed by atoms with Gasteiger partial charge in [-0.05, 0) is 24.3 Å². The van der Waals surface area contributed by atoms with Gasteiger partial charge in [-0.3, -0.25) is 10.4 Å². The van der Waals surface area contributed by atoms with Crippen molar-refractivity contribution in [2.24, 2.45) is 15.3 Å². The second kappa shape index (κ2) is 8.22. The summed E-state index contributed by atoms with van der Waals surface area (Å²) in [5.41, 5.74) is 2.62. The highest BCUT2D eigenvalue weighted by atomic mass is 19.4. The standard InChI is InChI=1S/C19H14F3N5/c20-19(21,22)16-8-4-5-9-17(16)25-27-18(14-6-2-1-3-7-14)26-24-15-10-12-23-13-11-15/h1-13,25H. The summed E-state index contributed by atoms with van der Waals surface area (Å²) >= 11 is 0. The van der Waals surface area contributed by atoms with Crippen LogP contribution in [-0.2, 0) is 6.18 Å². The molecule has 8 heteroatoms. The van der Waals surface area contributed by atoms with Crippen LogP contribution in [0.3, 0.4) is 0 Å². The minimum atomic E-state index is -4.50. The molecule has 1 aromatic heterocycles. The van der Waals surface area contributed by atoms with Crippen molar-refractivity contribution in [3.63, 3.8) is 0 Å². The molecule has 0 bridgehead atoms. The number of para-hydroxylation sites is 1. The Balaban J connectivity index is 1.93. The topological polar surface area (TPSA) is 62.0 Å². The van der Waals surface area contributed by atoms with E-state index >= 15 is 0 Å². The minimum Gasteiger partial charge on any atom is -0.276 e.